The third kappa shape index (κ3) is 3.35. The van der Waals surface area contributed by atoms with Crippen LogP contribution in [0.3, 0.4) is 0 Å². The maximum absolute atomic E-state index is 4.52. The van der Waals surface area contributed by atoms with Crippen LogP contribution >= 0.6 is 0 Å². The summed E-state index contributed by atoms with van der Waals surface area (Å²) < 4.78 is 0. The maximum Gasteiger partial charge on any atom is 0.0964 e. The molecule has 0 aliphatic carbocycles. The second kappa shape index (κ2) is 7.19. The van der Waals surface area contributed by atoms with Gasteiger partial charge in [-0.3, -0.25) is 14.9 Å². The van der Waals surface area contributed by atoms with Crippen LogP contribution in [-0.2, 0) is 0 Å². The molecule has 0 unspecified atom stereocenters. The van der Waals surface area contributed by atoms with Crippen molar-refractivity contribution in [2.75, 3.05) is 37.6 Å². The van der Waals surface area contributed by atoms with Crippen LogP contribution < -0.4 is 4.90 Å². The average molecular weight is 332 g/mol. The first kappa shape index (κ1) is 16.0. The Bertz CT molecular complexity index is 831. The van der Waals surface area contributed by atoms with E-state index in [-0.39, 0.29) is 0 Å². The Balaban J connectivity index is 1.54. The summed E-state index contributed by atoms with van der Waals surface area (Å²) in [4.78, 5) is 14.0. The summed E-state index contributed by atoms with van der Waals surface area (Å²) in [5.74, 6) is 0. The van der Waals surface area contributed by atoms with Gasteiger partial charge in [-0.15, -0.1) is 0 Å². The van der Waals surface area contributed by atoms with Crippen LogP contribution in [0, 0.1) is 0 Å². The number of aromatic nitrogens is 2. The minimum absolute atomic E-state index is 0.941. The summed E-state index contributed by atoms with van der Waals surface area (Å²) in [5, 5.41) is 0. The van der Waals surface area contributed by atoms with E-state index in [1.165, 1.54) is 24.2 Å². The maximum atomic E-state index is 4.52. The molecular weight excluding hydrogens is 308 g/mol. The molecule has 0 saturated carbocycles. The molecule has 1 aliphatic rings. The summed E-state index contributed by atoms with van der Waals surface area (Å²) in [5.41, 5.74) is 5.55. The van der Waals surface area contributed by atoms with Gasteiger partial charge in [0.1, 0.15) is 0 Å². The van der Waals surface area contributed by atoms with Crippen LogP contribution in [0.2, 0.25) is 0 Å². The third-order valence-electron chi connectivity index (χ3n) is 4.95. The van der Waals surface area contributed by atoms with Crippen molar-refractivity contribution in [1.29, 1.82) is 0 Å². The Morgan fingerprint density at radius 3 is 2.44 bits per heavy atom. The lowest BCUT2D eigenvalue weighted by molar-refractivity contribution is 0.258. The zero-order valence-electron chi connectivity index (χ0n) is 14.7. The van der Waals surface area contributed by atoms with Crippen molar-refractivity contribution in [3.05, 3.63) is 54.9 Å². The predicted octanol–water partition coefficient (Wildman–Crippen LogP) is 3.83. The van der Waals surface area contributed by atoms with Crippen LogP contribution in [0.4, 0.5) is 5.69 Å². The van der Waals surface area contributed by atoms with E-state index in [0.29, 0.717) is 0 Å². The summed E-state index contributed by atoms with van der Waals surface area (Å²) in [6.45, 7) is 8.01. The molecule has 0 bridgehead atoms. The zero-order valence-corrected chi connectivity index (χ0v) is 14.7. The first-order chi connectivity index (χ1) is 12.3. The molecule has 1 aliphatic heterocycles. The van der Waals surface area contributed by atoms with Crippen molar-refractivity contribution in [2.24, 2.45) is 0 Å². The number of piperazine rings is 1. The van der Waals surface area contributed by atoms with Gasteiger partial charge >= 0.3 is 0 Å². The normalized spacial score (nSPS) is 15.6. The summed E-state index contributed by atoms with van der Waals surface area (Å²) in [6.07, 6.45) is 4.93. The monoisotopic (exact) mass is 332 g/mol. The molecule has 0 amide bonds. The Morgan fingerprint density at radius 2 is 1.68 bits per heavy atom. The van der Waals surface area contributed by atoms with E-state index in [4.69, 9.17) is 0 Å². The first-order valence-corrected chi connectivity index (χ1v) is 9.12. The van der Waals surface area contributed by atoms with Gasteiger partial charge in [0.05, 0.1) is 11.0 Å². The lowest BCUT2D eigenvalue weighted by Crippen LogP contribution is -2.46. The van der Waals surface area contributed by atoms with Gasteiger partial charge in [0.25, 0.3) is 0 Å². The van der Waals surface area contributed by atoms with Gasteiger partial charge in [-0.25, -0.2) is 0 Å². The van der Waals surface area contributed by atoms with Gasteiger partial charge < -0.3 is 4.90 Å². The second-order valence-corrected chi connectivity index (χ2v) is 6.61. The zero-order chi connectivity index (χ0) is 17.1. The van der Waals surface area contributed by atoms with Crippen LogP contribution in [-0.4, -0.2) is 47.6 Å². The lowest BCUT2D eigenvalue weighted by Gasteiger charge is -2.36. The van der Waals surface area contributed by atoms with Crippen molar-refractivity contribution in [3.63, 3.8) is 0 Å². The van der Waals surface area contributed by atoms with E-state index in [1.54, 1.807) is 0 Å². The van der Waals surface area contributed by atoms with E-state index >= 15 is 0 Å². The van der Waals surface area contributed by atoms with E-state index < -0.39 is 0 Å². The largest absolute Gasteiger partial charge is 0.369 e. The van der Waals surface area contributed by atoms with E-state index in [0.717, 1.165) is 42.8 Å². The first-order valence-electron chi connectivity index (χ1n) is 9.12. The molecule has 3 heterocycles. The number of anilines is 1. The number of rotatable bonds is 4. The molecule has 3 aromatic rings. The predicted molar refractivity (Wildman–Crippen MR) is 104 cm³/mol. The highest BCUT2D eigenvalue weighted by atomic mass is 15.3. The highest BCUT2D eigenvalue weighted by molar-refractivity contribution is 5.91. The van der Waals surface area contributed by atoms with Gasteiger partial charge in [0, 0.05) is 49.8 Å². The molecule has 0 atom stereocenters. The molecule has 2 aromatic heterocycles. The Morgan fingerprint density at radius 1 is 0.880 bits per heavy atom. The summed E-state index contributed by atoms with van der Waals surface area (Å²) in [7, 11) is 0. The number of benzene rings is 1. The van der Waals surface area contributed by atoms with Gasteiger partial charge in [0.2, 0.25) is 0 Å². The molecule has 4 heteroatoms. The summed E-state index contributed by atoms with van der Waals surface area (Å²) in [6, 6.07) is 14.9. The van der Waals surface area contributed by atoms with Crippen LogP contribution in [0.15, 0.2) is 54.9 Å². The molecule has 1 saturated heterocycles. The molecule has 4 nitrogen and oxygen atoms in total. The molecule has 0 spiro atoms. The quantitative estimate of drug-likeness (QED) is 0.727. The van der Waals surface area contributed by atoms with Gasteiger partial charge in [-0.2, -0.15) is 0 Å². The Hall–Kier alpha value is -2.46. The van der Waals surface area contributed by atoms with Crippen LogP contribution in [0.1, 0.15) is 13.3 Å². The molecule has 128 valence electrons. The van der Waals surface area contributed by atoms with E-state index in [1.807, 2.05) is 30.6 Å². The van der Waals surface area contributed by atoms with Crippen molar-refractivity contribution in [1.82, 2.24) is 14.9 Å². The molecular formula is C21H24N4. The Kier molecular flexibility index (Phi) is 4.61. The smallest absolute Gasteiger partial charge is 0.0964 e. The number of hydrogen-bond acceptors (Lipinski definition) is 4. The van der Waals surface area contributed by atoms with Crippen LogP contribution in [0.25, 0.3) is 22.2 Å². The van der Waals surface area contributed by atoms with Crippen molar-refractivity contribution in [3.8, 4) is 11.1 Å². The molecule has 1 fully saturated rings. The fourth-order valence-electron chi connectivity index (χ4n) is 3.61. The van der Waals surface area contributed by atoms with Gasteiger partial charge in [-0.1, -0.05) is 19.1 Å². The fraction of sp³-hybridized carbons (Fsp3) is 0.333. The molecule has 4 rings (SSSR count). The molecule has 0 N–H and O–H groups in total. The highest BCUT2D eigenvalue weighted by Crippen LogP contribution is 2.28. The van der Waals surface area contributed by atoms with Gasteiger partial charge in [0.15, 0.2) is 0 Å². The average Bonchev–Trinajstić information content (AvgIpc) is 2.69. The van der Waals surface area contributed by atoms with E-state index in [9.17, 15) is 0 Å². The molecule has 25 heavy (non-hydrogen) atoms. The fourth-order valence-corrected chi connectivity index (χ4v) is 3.61. The highest BCUT2D eigenvalue weighted by Gasteiger charge is 2.16. The van der Waals surface area contributed by atoms with Crippen molar-refractivity contribution >= 4 is 16.7 Å². The number of hydrogen-bond donors (Lipinski definition) is 0. The third-order valence-corrected chi connectivity index (χ3v) is 4.95. The molecule has 0 radical (unpaired) electrons. The number of pyridine rings is 2. The second-order valence-electron chi connectivity index (χ2n) is 6.61. The van der Waals surface area contributed by atoms with Crippen molar-refractivity contribution < 1.29 is 0 Å². The minimum Gasteiger partial charge on any atom is -0.369 e. The standard InChI is InChI=1S/C21H24N4/c1-2-12-24-13-15-25(16-14-24)18-7-5-17(6-8-18)19-9-11-22-20-4-3-10-23-21(19)20/h3-11H,2,12-16H2,1H3. The topological polar surface area (TPSA) is 32.3 Å². The molecule has 1 aromatic carbocycles. The SMILES string of the molecule is CCCN1CCN(c2ccc(-c3ccnc4cccnc34)cc2)CC1. The van der Waals surface area contributed by atoms with Crippen LogP contribution in [0.5, 0.6) is 0 Å². The minimum atomic E-state index is 0.941. The van der Waals surface area contributed by atoms with Crippen molar-refractivity contribution in [2.45, 2.75) is 13.3 Å². The van der Waals surface area contributed by atoms with E-state index in [2.05, 4.69) is 51.0 Å². The Labute approximate surface area is 149 Å². The van der Waals surface area contributed by atoms with Gasteiger partial charge in [-0.05, 0) is 48.9 Å². The summed E-state index contributed by atoms with van der Waals surface area (Å²) >= 11 is 0. The number of fused-ring (bicyclic) bond motifs is 1. The number of nitrogens with zero attached hydrogens (tertiary/aromatic N) is 4. The lowest BCUT2D eigenvalue weighted by atomic mass is 10.0.